The van der Waals surface area contributed by atoms with Crippen LogP contribution in [0.4, 0.5) is 0 Å². The van der Waals surface area contributed by atoms with Crippen LogP contribution in [0.5, 0.6) is 11.5 Å². The summed E-state index contributed by atoms with van der Waals surface area (Å²) in [4.78, 5) is 72.0. The first-order valence-electron chi connectivity index (χ1n) is 14.1. The van der Waals surface area contributed by atoms with Crippen LogP contribution in [0.25, 0.3) is 0 Å². The minimum atomic E-state index is -0.603. The van der Waals surface area contributed by atoms with Crippen molar-refractivity contribution in [3.8, 4) is 11.5 Å². The van der Waals surface area contributed by atoms with E-state index in [1.165, 1.54) is 51.1 Å². The Morgan fingerprint density at radius 3 is 1.46 bits per heavy atom. The highest BCUT2D eigenvalue weighted by Gasteiger charge is 2.41. The van der Waals surface area contributed by atoms with Crippen molar-refractivity contribution in [2.45, 2.75) is 0 Å². The largest absolute Gasteiger partial charge is 0.496 e. The molecule has 4 aromatic heterocycles. The van der Waals surface area contributed by atoms with Gasteiger partial charge in [-0.25, -0.2) is 0 Å². The SMILES string of the molecule is COO[n+]1onc(C(=O)c2ccccc2OC)c1C(=O)c1ccccc1OC.COO[n+]1onc(C(=O)c2cccs2)c1C(=O)c1cccs1. The molecule has 0 fully saturated rings. The van der Waals surface area contributed by atoms with E-state index < -0.39 is 23.1 Å². The van der Waals surface area contributed by atoms with Gasteiger partial charge in [-0.1, -0.05) is 36.4 Å². The Labute approximate surface area is 290 Å². The van der Waals surface area contributed by atoms with Gasteiger partial charge in [-0.3, -0.25) is 19.2 Å². The number of aromatic nitrogens is 4. The summed E-state index contributed by atoms with van der Waals surface area (Å²) >= 11 is 2.48. The molecule has 6 aromatic rings. The standard InChI is InChI=1S/C19H17N2O7.C13H9N2O5S2/c1-24-14-10-6-4-8-12(14)18(22)16-17(21(27-20-16)28-26-3)19(23)13-9-5-7-11-15(13)25-2;1-18-20-15-11(13(17)9-5-3-7-22-9)10(14-19-15)12(16)8-4-2-6-21-8/h4-11H,1-3H3;2-7H,1H3/q2*+1. The fourth-order valence-electron chi connectivity index (χ4n) is 4.38. The van der Waals surface area contributed by atoms with Gasteiger partial charge in [0, 0.05) is 0 Å². The van der Waals surface area contributed by atoms with Crippen molar-refractivity contribution in [1.82, 2.24) is 10.3 Å². The first kappa shape index (κ1) is 35.2. The van der Waals surface area contributed by atoms with E-state index in [4.69, 9.17) is 28.7 Å². The molecule has 0 aliphatic rings. The maximum absolute atomic E-state index is 13.2. The van der Waals surface area contributed by atoms with Gasteiger partial charge in [-0.2, -0.15) is 0 Å². The molecule has 0 saturated carbocycles. The zero-order valence-electron chi connectivity index (χ0n) is 26.6. The summed E-state index contributed by atoms with van der Waals surface area (Å²) in [6.07, 6.45) is 0. The molecule has 0 aliphatic heterocycles. The highest BCUT2D eigenvalue weighted by molar-refractivity contribution is 7.12. The van der Waals surface area contributed by atoms with Gasteiger partial charge in [0.1, 0.15) is 11.5 Å². The highest BCUT2D eigenvalue weighted by atomic mass is 32.1. The van der Waals surface area contributed by atoms with E-state index in [0.29, 0.717) is 31.1 Å². The lowest BCUT2D eigenvalue weighted by Gasteiger charge is -2.06. The van der Waals surface area contributed by atoms with Crippen LogP contribution in [0.2, 0.25) is 0 Å². The Kier molecular flexibility index (Phi) is 11.5. The van der Waals surface area contributed by atoms with Crippen molar-refractivity contribution >= 4 is 45.8 Å². The van der Waals surface area contributed by atoms with E-state index in [1.54, 1.807) is 83.6 Å². The molecule has 4 heterocycles. The molecule has 0 N–H and O–H groups in total. The number of carbonyl (C=O) groups is 4. The number of carbonyl (C=O) groups excluding carboxylic acids is 4. The molecule has 0 saturated heterocycles. The molecule has 50 heavy (non-hydrogen) atoms. The van der Waals surface area contributed by atoms with E-state index in [0.717, 1.165) is 0 Å². The average Bonchev–Trinajstić information content (AvgIpc) is 3.99. The van der Waals surface area contributed by atoms with Gasteiger partial charge in [-0.15, -0.1) is 42.4 Å². The second-order valence-corrected chi connectivity index (χ2v) is 11.3. The Morgan fingerprint density at radius 1 is 0.560 bits per heavy atom. The number of benzene rings is 2. The van der Waals surface area contributed by atoms with Crippen molar-refractivity contribution in [1.29, 1.82) is 0 Å². The summed E-state index contributed by atoms with van der Waals surface area (Å²) in [6.45, 7) is 0. The van der Waals surface area contributed by atoms with Crippen LogP contribution in [0.15, 0.2) is 92.8 Å². The summed E-state index contributed by atoms with van der Waals surface area (Å²) in [7, 11) is 5.33. The van der Waals surface area contributed by atoms with Crippen LogP contribution in [-0.2, 0) is 9.78 Å². The van der Waals surface area contributed by atoms with Crippen molar-refractivity contribution in [2.75, 3.05) is 28.4 Å². The first-order valence-corrected chi connectivity index (χ1v) is 15.9. The number of hydrogen-bond acceptors (Lipinski definition) is 16. The molecule has 6 rings (SSSR count). The van der Waals surface area contributed by atoms with E-state index in [2.05, 4.69) is 20.1 Å². The second kappa shape index (κ2) is 16.3. The molecule has 0 spiro atoms. The molecular formula is C32H26N4O12S2+2. The molecule has 0 aliphatic carbocycles. The lowest BCUT2D eigenvalue weighted by molar-refractivity contribution is -1.07. The summed E-state index contributed by atoms with van der Waals surface area (Å²) in [5.41, 5.74) is -0.381. The molecule has 16 nitrogen and oxygen atoms in total. The molecule has 0 amide bonds. The number of methoxy groups -OCH3 is 2. The third kappa shape index (κ3) is 7.32. The summed E-state index contributed by atoms with van der Waals surface area (Å²) in [5.74, 6) is -1.41. The lowest BCUT2D eigenvalue weighted by atomic mass is 10.0. The normalized spacial score (nSPS) is 10.5. The van der Waals surface area contributed by atoms with Crippen LogP contribution < -0.4 is 29.3 Å². The van der Waals surface area contributed by atoms with Crippen LogP contribution in [0, 0.1) is 0 Å². The van der Waals surface area contributed by atoms with Crippen molar-refractivity contribution in [2.24, 2.45) is 0 Å². The van der Waals surface area contributed by atoms with E-state index in [1.807, 2.05) is 0 Å². The Bertz CT molecular complexity index is 2110. The van der Waals surface area contributed by atoms with Crippen LogP contribution in [0.1, 0.15) is 62.8 Å². The Balaban J connectivity index is 0.000000200. The second-order valence-electron chi connectivity index (χ2n) is 9.41. The molecule has 2 aromatic carbocycles. The zero-order valence-corrected chi connectivity index (χ0v) is 28.2. The number of rotatable bonds is 14. The van der Waals surface area contributed by atoms with Crippen LogP contribution >= 0.6 is 22.7 Å². The van der Waals surface area contributed by atoms with Gasteiger partial charge >= 0.3 is 22.8 Å². The highest BCUT2D eigenvalue weighted by Crippen LogP contribution is 2.25. The number of hydrogen-bond donors (Lipinski definition) is 0. The molecule has 0 bridgehead atoms. The molecule has 18 heteroatoms. The number of ketones is 4. The monoisotopic (exact) mass is 722 g/mol. The zero-order chi connectivity index (χ0) is 35.6. The summed E-state index contributed by atoms with van der Waals surface area (Å²) in [6, 6.07) is 19.8. The number of nitrogens with zero attached hydrogens (tertiary/aromatic N) is 4. The minimum absolute atomic E-state index is 0.123. The fraction of sp³-hybridized carbons (Fsp3) is 0.125. The first-order chi connectivity index (χ1) is 24.3. The van der Waals surface area contributed by atoms with E-state index >= 15 is 0 Å². The van der Waals surface area contributed by atoms with Crippen molar-refractivity contribution < 1.29 is 67.5 Å². The molecule has 0 atom stereocenters. The van der Waals surface area contributed by atoms with Crippen LogP contribution in [0.3, 0.4) is 0 Å². The Morgan fingerprint density at radius 2 is 1.00 bits per heavy atom. The lowest BCUT2D eigenvalue weighted by Crippen LogP contribution is -2.46. The van der Waals surface area contributed by atoms with Crippen molar-refractivity contribution in [3.05, 3.63) is 127 Å². The topological polar surface area (TPSA) is 183 Å². The van der Waals surface area contributed by atoms with Gasteiger partial charge in [0.25, 0.3) is 11.6 Å². The van der Waals surface area contributed by atoms with Gasteiger partial charge in [0.05, 0.1) is 49.3 Å². The van der Waals surface area contributed by atoms with Gasteiger partial charge in [0.15, 0.2) is 20.1 Å². The molecule has 256 valence electrons. The number of ether oxygens (including phenoxy) is 2. The minimum Gasteiger partial charge on any atom is -0.496 e. The summed E-state index contributed by atoms with van der Waals surface area (Å²) < 4.78 is 20.3. The maximum atomic E-state index is 13.2. The molecular weight excluding hydrogens is 697 g/mol. The van der Waals surface area contributed by atoms with Gasteiger partial charge in [-0.05, 0) is 56.4 Å². The third-order valence-corrected chi connectivity index (χ3v) is 8.30. The quantitative estimate of drug-likeness (QED) is 0.0908. The Hall–Kier alpha value is -6.08. The predicted octanol–water partition coefficient (Wildman–Crippen LogP) is 2.97. The smallest absolute Gasteiger partial charge is 0.331 e. The predicted molar refractivity (Wildman–Crippen MR) is 169 cm³/mol. The fourth-order valence-corrected chi connectivity index (χ4v) is 5.71. The van der Waals surface area contributed by atoms with Crippen LogP contribution in [-0.4, -0.2) is 61.9 Å². The van der Waals surface area contributed by atoms with E-state index in [9.17, 15) is 19.2 Å². The molecule has 0 unspecified atom stereocenters. The van der Waals surface area contributed by atoms with Gasteiger partial charge in [0.2, 0.25) is 11.6 Å². The van der Waals surface area contributed by atoms with Gasteiger partial charge < -0.3 is 9.47 Å². The maximum Gasteiger partial charge on any atom is 0.331 e. The molecule has 0 radical (unpaired) electrons. The number of thiophene rings is 2. The van der Waals surface area contributed by atoms with E-state index in [-0.39, 0.29) is 33.9 Å². The van der Waals surface area contributed by atoms with Crippen molar-refractivity contribution in [3.63, 3.8) is 0 Å². The summed E-state index contributed by atoms with van der Waals surface area (Å²) in [5, 5.41) is 10.9. The average molecular weight is 723 g/mol. The third-order valence-electron chi connectivity index (χ3n) is 6.56. The number of para-hydroxylation sites is 2.